The summed E-state index contributed by atoms with van der Waals surface area (Å²) in [6.45, 7) is 1.96. The van der Waals surface area contributed by atoms with Crippen molar-refractivity contribution in [3.05, 3.63) is 24.0 Å². The molecule has 0 aromatic carbocycles. The number of carbonyl (C=O) groups is 1. The van der Waals surface area contributed by atoms with E-state index in [1.807, 2.05) is 24.9 Å². The zero-order valence-corrected chi connectivity index (χ0v) is 10.3. The number of nitrogens with zero attached hydrogens (tertiary/aromatic N) is 3. The average molecular weight is 232 g/mol. The van der Waals surface area contributed by atoms with Crippen LogP contribution >= 0.6 is 0 Å². The maximum Gasteiger partial charge on any atom is 0.269 e. The summed E-state index contributed by atoms with van der Waals surface area (Å²) in [6, 6.07) is 5.76. The number of nitrogens with one attached hydrogen (secondary N) is 1. The Bertz CT molecular complexity index is 438. The van der Waals surface area contributed by atoms with Gasteiger partial charge in [0, 0.05) is 32.0 Å². The van der Waals surface area contributed by atoms with Crippen molar-refractivity contribution < 1.29 is 4.79 Å². The van der Waals surface area contributed by atoms with Gasteiger partial charge in [0.1, 0.15) is 5.69 Å². The molecule has 90 valence electrons. The average Bonchev–Trinajstić information content (AvgIpc) is 2.37. The number of carbonyl (C=O) groups excluding carboxylic acids is 1. The van der Waals surface area contributed by atoms with E-state index in [-0.39, 0.29) is 11.9 Å². The van der Waals surface area contributed by atoms with Crippen molar-refractivity contribution in [2.24, 2.45) is 0 Å². The van der Waals surface area contributed by atoms with Crippen LogP contribution in [-0.4, -0.2) is 31.0 Å². The molecule has 0 saturated heterocycles. The first-order chi connectivity index (χ1) is 8.10. The van der Waals surface area contributed by atoms with Gasteiger partial charge in [-0.2, -0.15) is 5.26 Å². The first-order valence-corrected chi connectivity index (χ1v) is 5.38. The molecule has 1 rings (SSSR count). The fraction of sp³-hybridized carbons (Fsp3) is 0.417. The SMILES string of the molecule is CNC(=O)c1cc(N(C)C(C)CC#N)ccn1. The molecular weight excluding hydrogens is 216 g/mol. The predicted molar refractivity (Wildman–Crippen MR) is 65.7 cm³/mol. The van der Waals surface area contributed by atoms with E-state index in [1.165, 1.54) is 0 Å². The van der Waals surface area contributed by atoms with Crippen molar-refractivity contribution in [2.45, 2.75) is 19.4 Å². The fourth-order valence-corrected chi connectivity index (χ4v) is 1.41. The molecular formula is C12H16N4O. The van der Waals surface area contributed by atoms with Gasteiger partial charge in [-0.15, -0.1) is 0 Å². The number of nitriles is 1. The van der Waals surface area contributed by atoms with Crippen molar-refractivity contribution >= 4 is 11.6 Å². The summed E-state index contributed by atoms with van der Waals surface area (Å²) >= 11 is 0. The Kier molecular flexibility index (Phi) is 4.46. The molecule has 5 heteroatoms. The van der Waals surface area contributed by atoms with Crippen LogP contribution in [0, 0.1) is 11.3 Å². The van der Waals surface area contributed by atoms with Crippen LogP contribution in [0.3, 0.4) is 0 Å². The van der Waals surface area contributed by atoms with Crippen LogP contribution in [0.2, 0.25) is 0 Å². The molecule has 0 saturated carbocycles. The minimum atomic E-state index is -0.215. The highest BCUT2D eigenvalue weighted by atomic mass is 16.1. The Morgan fingerprint density at radius 1 is 1.71 bits per heavy atom. The molecule has 0 radical (unpaired) electrons. The lowest BCUT2D eigenvalue weighted by molar-refractivity contribution is 0.0958. The van der Waals surface area contributed by atoms with Crippen LogP contribution in [0.15, 0.2) is 18.3 Å². The molecule has 1 atom stereocenters. The monoisotopic (exact) mass is 232 g/mol. The second-order valence-electron chi connectivity index (χ2n) is 3.80. The third-order valence-electron chi connectivity index (χ3n) is 2.66. The normalized spacial score (nSPS) is 11.4. The smallest absolute Gasteiger partial charge is 0.269 e. The van der Waals surface area contributed by atoms with Crippen LogP contribution in [0.5, 0.6) is 0 Å². The molecule has 1 unspecified atom stereocenters. The summed E-state index contributed by atoms with van der Waals surface area (Å²) in [5, 5.41) is 11.2. The number of hydrogen-bond acceptors (Lipinski definition) is 4. The number of pyridine rings is 1. The van der Waals surface area contributed by atoms with Gasteiger partial charge in [0.15, 0.2) is 0 Å². The molecule has 1 N–H and O–H groups in total. The molecule has 0 spiro atoms. The maximum absolute atomic E-state index is 11.4. The van der Waals surface area contributed by atoms with Crippen LogP contribution < -0.4 is 10.2 Å². The Morgan fingerprint density at radius 2 is 2.41 bits per heavy atom. The lowest BCUT2D eigenvalue weighted by Crippen LogP contribution is -2.29. The van der Waals surface area contributed by atoms with Gasteiger partial charge in [-0.1, -0.05) is 0 Å². The van der Waals surface area contributed by atoms with E-state index in [4.69, 9.17) is 5.26 Å². The molecule has 1 aromatic rings. The summed E-state index contributed by atoms with van der Waals surface area (Å²) in [6.07, 6.45) is 2.03. The highest BCUT2D eigenvalue weighted by Gasteiger charge is 2.12. The van der Waals surface area contributed by atoms with E-state index in [1.54, 1.807) is 19.3 Å². The van der Waals surface area contributed by atoms with Crippen LogP contribution in [0.1, 0.15) is 23.8 Å². The zero-order valence-electron chi connectivity index (χ0n) is 10.3. The molecule has 0 aliphatic rings. The van der Waals surface area contributed by atoms with Gasteiger partial charge in [0.05, 0.1) is 12.5 Å². The van der Waals surface area contributed by atoms with Crippen molar-refractivity contribution in [3.63, 3.8) is 0 Å². The molecule has 17 heavy (non-hydrogen) atoms. The molecule has 1 heterocycles. The number of anilines is 1. The van der Waals surface area contributed by atoms with E-state index >= 15 is 0 Å². The predicted octanol–water partition coefficient (Wildman–Crippen LogP) is 1.18. The van der Waals surface area contributed by atoms with Crippen molar-refractivity contribution in [1.82, 2.24) is 10.3 Å². The lowest BCUT2D eigenvalue weighted by Gasteiger charge is -2.25. The fourth-order valence-electron chi connectivity index (χ4n) is 1.41. The van der Waals surface area contributed by atoms with Crippen LogP contribution in [0.4, 0.5) is 5.69 Å². The third kappa shape index (κ3) is 3.18. The van der Waals surface area contributed by atoms with Crippen LogP contribution in [0.25, 0.3) is 0 Å². The Labute approximate surface area is 101 Å². The van der Waals surface area contributed by atoms with Gasteiger partial charge >= 0.3 is 0 Å². The molecule has 5 nitrogen and oxygen atoms in total. The highest BCUT2D eigenvalue weighted by Crippen LogP contribution is 2.16. The largest absolute Gasteiger partial charge is 0.371 e. The zero-order chi connectivity index (χ0) is 12.8. The second-order valence-corrected chi connectivity index (χ2v) is 3.80. The van der Waals surface area contributed by atoms with E-state index in [0.29, 0.717) is 12.1 Å². The number of rotatable bonds is 4. The van der Waals surface area contributed by atoms with Crippen molar-refractivity contribution in [1.29, 1.82) is 5.26 Å². The number of amides is 1. The summed E-state index contributed by atoms with van der Waals surface area (Å²) < 4.78 is 0. The number of aromatic nitrogens is 1. The molecule has 0 bridgehead atoms. The second kappa shape index (κ2) is 5.85. The first kappa shape index (κ1) is 13.0. The van der Waals surface area contributed by atoms with Gasteiger partial charge in [-0.05, 0) is 19.1 Å². The van der Waals surface area contributed by atoms with E-state index in [2.05, 4.69) is 16.4 Å². The summed E-state index contributed by atoms with van der Waals surface area (Å²) in [5.74, 6) is -0.215. The van der Waals surface area contributed by atoms with Crippen LogP contribution in [-0.2, 0) is 0 Å². The molecule has 1 amide bonds. The molecule has 0 aliphatic heterocycles. The summed E-state index contributed by atoms with van der Waals surface area (Å²) in [7, 11) is 3.46. The standard InChI is InChI=1S/C12H16N4O/c1-9(4-6-13)16(3)10-5-7-15-11(8-10)12(17)14-2/h5,7-9H,4H2,1-3H3,(H,14,17). The Balaban J connectivity index is 2.92. The van der Waals surface area contributed by atoms with Gasteiger partial charge in [-0.25, -0.2) is 0 Å². The van der Waals surface area contributed by atoms with Crippen molar-refractivity contribution in [3.8, 4) is 6.07 Å². The molecule has 0 fully saturated rings. The molecule has 1 aromatic heterocycles. The first-order valence-electron chi connectivity index (χ1n) is 5.38. The van der Waals surface area contributed by atoms with Gasteiger partial charge in [0.25, 0.3) is 5.91 Å². The topological polar surface area (TPSA) is 69.0 Å². The quantitative estimate of drug-likeness (QED) is 0.846. The molecule has 0 aliphatic carbocycles. The van der Waals surface area contributed by atoms with E-state index in [0.717, 1.165) is 5.69 Å². The maximum atomic E-state index is 11.4. The summed E-state index contributed by atoms with van der Waals surface area (Å²) in [5.41, 5.74) is 1.25. The number of hydrogen-bond donors (Lipinski definition) is 1. The van der Waals surface area contributed by atoms with Gasteiger partial charge in [0.2, 0.25) is 0 Å². The Morgan fingerprint density at radius 3 is 3.00 bits per heavy atom. The van der Waals surface area contributed by atoms with E-state index in [9.17, 15) is 4.79 Å². The minimum Gasteiger partial charge on any atom is -0.371 e. The van der Waals surface area contributed by atoms with E-state index < -0.39 is 0 Å². The van der Waals surface area contributed by atoms with Gasteiger partial charge < -0.3 is 10.2 Å². The lowest BCUT2D eigenvalue weighted by atomic mass is 10.2. The highest BCUT2D eigenvalue weighted by molar-refractivity contribution is 5.92. The minimum absolute atomic E-state index is 0.0972. The third-order valence-corrected chi connectivity index (χ3v) is 2.66. The summed E-state index contributed by atoms with van der Waals surface area (Å²) in [4.78, 5) is 17.4. The van der Waals surface area contributed by atoms with Crippen molar-refractivity contribution in [2.75, 3.05) is 19.0 Å². The van der Waals surface area contributed by atoms with Gasteiger partial charge in [-0.3, -0.25) is 9.78 Å². The Hall–Kier alpha value is -2.09.